The van der Waals surface area contributed by atoms with Gasteiger partial charge in [-0.1, -0.05) is 35.3 Å². The van der Waals surface area contributed by atoms with E-state index in [1.54, 1.807) is 36.4 Å². The number of pyridine rings is 2. The van der Waals surface area contributed by atoms with Crippen LogP contribution in [0, 0.1) is 0 Å². The second-order valence-corrected chi connectivity index (χ2v) is 6.33. The molecule has 25 heavy (non-hydrogen) atoms. The van der Waals surface area contributed by atoms with E-state index in [4.69, 9.17) is 32.7 Å². The molecule has 4 atom stereocenters. The number of hydrogen-bond acceptors (Lipinski definition) is 7. The highest BCUT2D eigenvalue weighted by Gasteiger charge is 2.39. The average molecular weight is 386 g/mol. The van der Waals surface area contributed by atoms with Gasteiger partial charge in [0, 0.05) is 6.07 Å². The van der Waals surface area contributed by atoms with Crippen LogP contribution in [0.3, 0.4) is 0 Å². The summed E-state index contributed by atoms with van der Waals surface area (Å²) in [6.07, 6.45) is -2.89. The lowest BCUT2D eigenvalue weighted by atomic mass is 9.98. The van der Waals surface area contributed by atoms with E-state index in [1.807, 2.05) is 0 Å². The molecule has 1 saturated heterocycles. The molecule has 1 aliphatic heterocycles. The largest absolute Gasteiger partial charge is 0.475 e. The summed E-state index contributed by atoms with van der Waals surface area (Å²) in [5, 5.41) is 24.3. The molecular weight excluding hydrogens is 369 g/mol. The molecule has 3 rings (SSSR count). The first-order valence-corrected chi connectivity index (χ1v) is 8.41. The molecule has 134 valence electrons. The fourth-order valence-corrected chi connectivity index (χ4v) is 2.79. The van der Waals surface area contributed by atoms with Gasteiger partial charge in [-0.05, 0) is 18.2 Å². The highest BCUT2D eigenvalue weighted by Crippen LogP contribution is 2.21. The van der Waals surface area contributed by atoms with Crippen LogP contribution in [0.2, 0.25) is 10.3 Å². The first kappa shape index (κ1) is 18.2. The van der Waals surface area contributed by atoms with Gasteiger partial charge in [0.05, 0.1) is 12.6 Å². The molecule has 0 amide bonds. The topological polar surface area (TPSA) is 96.7 Å². The SMILES string of the molecule is O[C@@H]1[C@H](O)[C@@H](Nc2cccc(Cl)n2)CO[C@@H]1COc1cccc(Cl)n1. The molecule has 3 heterocycles. The minimum Gasteiger partial charge on any atom is -0.475 e. The summed E-state index contributed by atoms with van der Waals surface area (Å²) in [7, 11) is 0. The van der Waals surface area contributed by atoms with Crippen LogP contribution in [-0.4, -0.2) is 57.7 Å². The third-order valence-electron chi connectivity index (χ3n) is 3.77. The predicted octanol–water partition coefficient (Wildman–Crippen LogP) is 1.76. The Labute approximate surface area is 154 Å². The van der Waals surface area contributed by atoms with Crippen molar-refractivity contribution in [3.8, 4) is 5.88 Å². The molecule has 0 bridgehead atoms. The Kier molecular flexibility index (Phi) is 5.93. The Morgan fingerprint density at radius 1 is 1.08 bits per heavy atom. The van der Waals surface area contributed by atoms with Gasteiger partial charge in [0.25, 0.3) is 0 Å². The van der Waals surface area contributed by atoms with Crippen LogP contribution in [0.25, 0.3) is 0 Å². The zero-order chi connectivity index (χ0) is 17.8. The van der Waals surface area contributed by atoms with Gasteiger partial charge in [-0.3, -0.25) is 0 Å². The molecule has 0 unspecified atom stereocenters. The molecule has 0 spiro atoms. The number of aliphatic hydroxyl groups excluding tert-OH is 2. The van der Waals surface area contributed by atoms with Crippen molar-refractivity contribution in [1.29, 1.82) is 0 Å². The number of ether oxygens (including phenoxy) is 2. The highest BCUT2D eigenvalue weighted by molar-refractivity contribution is 6.29. The molecule has 1 aliphatic rings. The Balaban J connectivity index is 1.56. The molecule has 9 heteroatoms. The lowest BCUT2D eigenvalue weighted by Crippen LogP contribution is -2.57. The number of aliphatic hydroxyl groups is 2. The first-order valence-electron chi connectivity index (χ1n) is 7.65. The molecule has 0 saturated carbocycles. The van der Waals surface area contributed by atoms with E-state index < -0.39 is 24.4 Å². The average Bonchev–Trinajstić information content (AvgIpc) is 2.58. The molecule has 7 nitrogen and oxygen atoms in total. The van der Waals surface area contributed by atoms with Crippen LogP contribution in [0.1, 0.15) is 0 Å². The monoisotopic (exact) mass is 385 g/mol. The summed E-state index contributed by atoms with van der Waals surface area (Å²) < 4.78 is 11.1. The molecule has 3 N–H and O–H groups in total. The quantitative estimate of drug-likeness (QED) is 0.674. The molecule has 0 aromatic carbocycles. The summed E-state index contributed by atoms with van der Waals surface area (Å²) in [6.45, 7) is 0.205. The van der Waals surface area contributed by atoms with Crippen LogP contribution >= 0.6 is 23.2 Å². The Morgan fingerprint density at radius 3 is 2.52 bits per heavy atom. The second kappa shape index (κ2) is 8.16. The third kappa shape index (κ3) is 4.71. The first-order chi connectivity index (χ1) is 12.0. The van der Waals surface area contributed by atoms with E-state index in [9.17, 15) is 10.2 Å². The lowest BCUT2D eigenvalue weighted by molar-refractivity contribution is -0.150. The Morgan fingerprint density at radius 2 is 1.80 bits per heavy atom. The van der Waals surface area contributed by atoms with Crippen LogP contribution in [0.4, 0.5) is 5.82 Å². The Bertz CT molecular complexity index is 719. The van der Waals surface area contributed by atoms with Crippen molar-refractivity contribution in [3.05, 3.63) is 46.7 Å². The van der Waals surface area contributed by atoms with Crippen molar-refractivity contribution < 1.29 is 19.7 Å². The molecule has 2 aromatic heterocycles. The Hall–Kier alpha value is -1.64. The minimum absolute atomic E-state index is 0.0354. The molecule has 1 fully saturated rings. The number of nitrogens with one attached hydrogen (secondary N) is 1. The number of aromatic nitrogens is 2. The number of anilines is 1. The van der Waals surface area contributed by atoms with Crippen molar-refractivity contribution in [2.75, 3.05) is 18.5 Å². The van der Waals surface area contributed by atoms with Crippen molar-refractivity contribution in [3.63, 3.8) is 0 Å². The van der Waals surface area contributed by atoms with Crippen LogP contribution in [-0.2, 0) is 4.74 Å². The van der Waals surface area contributed by atoms with Gasteiger partial charge in [-0.15, -0.1) is 0 Å². The van der Waals surface area contributed by atoms with E-state index in [1.165, 1.54) is 0 Å². The molecule has 2 aromatic rings. The summed E-state index contributed by atoms with van der Waals surface area (Å²) >= 11 is 11.6. The maximum absolute atomic E-state index is 10.3. The van der Waals surface area contributed by atoms with Gasteiger partial charge in [0.1, 0.15) is 41.0 Å². The van der Waals surface area contributed by atoms with E-state index in [2.05, 4.69) is 15.3 Å². The van der Waals surface area contributed by atoms with Crippen LogP contribution in [0.15, 0.2) is 36.4 Å². The fourth-order valence-electron chi connectivity index (χ4n) is 2.47. The fraction of sp³-hybridized carbons (Fsp3) is 0.375. The predicted molar refractivity (Wildman–Crippen MR) is 93.2 cm³/mol. The van der Waals surface area contributed by atoms with Crippen LogP contribution in [0.5, 0.6) is 5.88 Å². The van der Waals surface area contributed by atoms with E-state index in [0.717, 1.165) is 0 Å². The summed E-state index contributed by atoms with van der Waals surface area (Å²) in [5.41, 5.74) is 0. The number of nitrogens with zero attached hydrogens (tertiary/aromatic N) is 2. The molecule has 0 aliphatic carbocycles. The molecule has 0 radical (unpaired) electrons. The number of hydrogen-bond donors (Lipinski definition) is 3. The highest BCUT2D eigenvalue weighted by atomic mass is 35.5. The maximum atomic E-state index is 10.3. The summed E-state index contributed by atoms with van der Waals surface area (Å²) in [6, 6.07) is 9.55. The van der Waals surface area contributed by atoms with Crippen molar-refractivity contribution in [2.45, 2.75) is 24.4 Å². The summed E-state index contributed by atoms with van der Waals surface area (Å²) in [4.78, 5) is 8.08. The normalized spacial score (nSPS) is 26.2. The number of halogens is 2. The second-order valence-electron chi connectivity index (χ2n) is 5.56. The molecular formula is C16H17Cl2N3O4. The van der Waals surface area contributed by atoms with Gasteiger partial charge >= 0.3 is 0 Å². The van der Waals surface area contributed by atoms with E-state index in [0.29, 0.717) is 22.0 Å². The maximum Gasteiger partial charge on any atom is 0.214 e. The van der Waals surface area contributed by atoms with Gasteiger partial charge in [-0.2, -0.15) is 0 Å². The van der Waals surface area contributed by atoms with Crippen molar-refractivity contribution >= 4 is 29.0 Å². The van der Waals surface area contributed by atoms with Gasteiger partial charge in [0.15, 0.2) is 0 Å². The number of rotatable bonds is 5. The summed E-state index contributed by atoms with van der Waals surface area (Å²) in [5.74, 6) is 0.811. The van der Waals surface area contributed by atoms with Gasteiger partial charge in [-0.25, -0.2) is 9.97 Å². The standard InChI is InChI=1S/C16H17Cl2N3O4/c17-11-3-1-5-13(20-11)19-9-7-24-10(16(23)15(9)22)8-25-14-6-2-4-12(18)21-14/h1-6,9-10,15-16,22-23H,7-8H2,(H,19,20)/t9-,10+,15+,16-/m0/s1. The van der Waals surface area contributed by atoms with E-state index in [-0.39, 0.29) is 13.2 Å². The smallest absolute Gasteiger partial charge is 0.214 e. The zero-order valence-corrected chi connectivity index (χ0v) is 14.6. The minimum atomic E-state index is -1.13. The van der Waals surface area contributed by atoms with Crippen molar-refractivity contribution in [1.82, 2.24) is 9.97 Å². The van der Waals surface area contributed by atoms with Gasteiger partial charge in [0.2, 0.25) is 5.88 Å². The van der Waals surface area contributed by atoms with E-state index >= 15 is 0 Å². The lowest BCUT2D eigenvalue weighted by Gasteiger charge is -2.37. The van der Waals surface area contributed by atoms with Gasteiger partial charge < -0.3 is 25.0 Å². The van der Waals surface area contributed by atoms with Crippen LogP contribution < -0.4 is 10.1 Å². The third-order valence-corrected chi connectivity index (χ3v) is 4.19. The van der Waals surface area contributed by atoms with Crippen molar-refractivity contribution in [2.24, 2.45) is 0 Å². The zero-order valence-electron chi connectivity index (χ0n) is 13.0.